The lowest BCUT2D eigenvalue weighted by Gasteiger charge is -2.10. The summed E-state index contributed by atoms with van der Waals surface area (Å²) in [5.41, 5.74) is 6.05. The molecule has 1 amide bonds. The first kappa shape index (κ1) is 19.0. The zero-order valence-corrected chi connectivity index (χ0v) is 16.0. The molecule has 5 N–H and O–H groups in total. The molecule has 0 unspecified atom stereocenters. The van der Waals surface area contributed by atoms with E-state index >= 15 is 0 Å². The van der Waals surface area contributed by atoms with Gasteiger partial charge in [0.2, 0.25) is 0 Å². The van der Waals surface area contributed by atoms with E-state index in [1.54, 1.807) is 24.3 Å². The molecule has 138 valence electrons. The van der Waals surface area contributed by atoms with E-state index in [1.165, 1.54) is 17.5 Å². The van der Waals surface area contributed by atoms with Crippen molar-refractivity contribution in [1.29, 1.82) is 0 Å². The van der Waals surface area contributed by atoms with Crippen LogP contribution in [0.3, 0.4) is 0 Å². The average Bonchev–Trinajstić information content (AvgIpc) is 2.69. The number of hydrogen-bond acceptors (Lipinski definition) is 4. The van der Waals surface area contributed by atoms with E-state index in [0.29, 0.717) is 16.9 Å². The molecule has 5 nitrogen and oxygen atoms in total. The summed E-state index contributed by atoms with van der Waals surface area (Å²) in [5.74, 6) is -0.184. The molecular weight excluding hydrogens is 358 g/mol. The molecule has 0 heterocycles. The number of nitrogens with one attached hydrogen (secondary N) is 2. The van der Waals surface area contributed by atoms with Crippen LogP contribution in [0.1, 0.15) is 21.5 Å². The van der Waals surface area contributed by atoms with Gasteiger partial charge in [-0.1, -0.05) is 24.3 Å². The van der Waals surface area contributed by atoms with Gasteiger partial charge < -0.3 is 10.0 Å². The maximum atomic E-state index is 12.5. The molecule has 3 aromatic carbocycles. The standard InChI is InChI=1S/C21H21N3O2S/c1-14-6-3-4-7-18(14)24-27-17-12-10-16(11-13-17)21(25)22-19-8-5-9-20(23-26)15(19)2/h3-13,23-24,26H,1-2H3,(H,22,25)/p+1. The molecule has 3 rings (SSSR count). The molecule has 0 aromatic heterocycles. The van der Waals surface area contributed by atoms with Gasteiger partial charge in [-0.3, -0.25) is 4.79 Å². The topological polar surface area (TPSA) is 78.0 Å². The Bertz CT molecular complexity index is 942. The van der Waals surface area contributed by atoms with Gasteiger partial charge in [0.15, 0.2) is 5.69 Å². The molecule has 3 aromatic rings. The number of carbonyl (C=O) groups excluding carboxylic acids is 1. The lowest BCUT2D eigenvalue weighted by molar-refractivity contribution is -0.826. The summed E-state index contributed by atoms with van der Waals surface area (Å²) in [5, 5.41) is 12.1. The van der Waals surface area contributed by atoms with Gasteiger partial charge in [-0.05, 0) is 67.8 Å². The third kappa shape index (κ3) is 4.68. The van der Waals surface area contributed by atoms with Crippen molar-refractivity contribution in [3.63, 3.8) is 0 Å². The van der Waals surface area contributed by atoms with E-state index in [4.69, 9.17) is 0 Å². The highest BCUT2D eigenvalue weighted by Gasteiger charge is 2.11. The predicted molar refractivity (Wildman–Crippen MR) is 110 cm³/mol. The molecular formula is C21H22N3O2S+. The van der Waals surface area contributed by atoms with E-state index in [1.807, 2.05) is 43.3 Å². The smallest absolute Gasteiger partial charge is 0.255 e. The largest absolute Gasteiger partial charge is 0.325 e. The molecule has 0 aliphatic heterocycles. The van der Waals surface area contributed by atoms with Crippen molar-refractivity contribution in [2.75, 3.05) is 10.0 Å². The number of aryl methyl sites for hydroxylation is 1. The Balaban J connectivity index is 1.65. The van der Waals surface area contributed by atoms with Crippen molar-refractivity contribution in [2.45, 2.75) is 18.7 Å². The molecule has 0 bridgehead atoms. The summed E-state index contributed by atoms with van der Waals surface area (Å²) in [7, 11) is 0. The Hall–Kier alpha value is -2.80. The van der Waals surface area contributed by atoms with Gasteiger partial charge in [0.1, 0.15) is 0 Å². The fourth-order valence-electron chi connectivity index (χ4n) is 2.60. The highest BCUT2D eigenvalue weighted by molar-refractivity contribution is 8.00. The number of amides is 1. The van der Waals surface area contributed by atoms with Crippen LogP contribution in [0.15, 0.2) is 71.6 Å². The lowest BCUT2D eigenvalue weighted by Crippen LogP contribution is -2.74. The van der Waals surface area contributed by atoms with Crippen molar-refractivity contribution in [3.8, 4) is 0 Å². The maximum Gasteiger partial charge on any atom is 0.255 e. The molecule has 0 saturated heterocycles. The molecule has 0 atom stereocenters. The molecule has 0 aliphatic rings. The quantitative estimate of drug-likeness (QED) is 0.293. The third-order valence-electron chi connectivity index (χ3n) is 4.30. The van der Waals surface area contributed by atoms with Gasteiger partial charge in [0.05, 0.1) is 0 Å². The zero-order valence-electron chi connectivity index (χ0n) is 15.2. The fourth-order valence-corrected chi connectivity index (χ4v) is 3.33. The number of quaternary nitrogens is 1. The van der Waals surface area contributed by atoms with Crippen LogP contribution < -0.4 is 15.5 Å². The van der Waals surface area contributed by atoms with Crippen LogP contribution in [0, 0.1) is 13.8 Å². The lowest BCUT2D eigenvalue weighted by atomic mass is 10.1. The van der Waals surface area contributed by atoms with E-state index in [9.17, 15) is 10.0 Å². The van der Waals surface area contributed by atoms with E-state index in [2.05, 4.69) is 23.0 Å². The molecule has 0 fully saturated rings. The van der Waals surface area contributed by atoms with E-state index < -0.39 is 0 Å². The minimum Gasteiger partial charge on any atom is -0.325 e. The van der Waals surface area contributed by atoms with Crippen LogP contribution in [-0.4, -0.2) is 11.1 Å². The molecule has 0 saturated carbocycles. The van der Waals surface area contributed by atoms with Crippen LogP contribution in [0.25, 0.3) is 0 Å². The van der Waals surface area contributed by atoms with Gasteiger partial charge >= 0.3 is 0 Å². The first-order valence-electron chi connectivity index (χ1n) is 8.55. The highest BCUT2D eigenvalue weighted by Crippen LogP contribution is 2.24. The van der Waals surface area contributed by atoms with Crippen molar-refractivity contribution in [1.82, 2.24) is 0 Å². The van der Waals surface area contributed by atoms with Crippen LogP contribution in [0.2, 0.25) is 0 Å². The Morgan fingerprint density at radius 3 is 2.33 bits per heavy atom. The predicted octanol–water partition coefficient (Wildman–Crippen LogP) is 4.26. The Labute approximate surface area is 162 Å². The minimum absolute atomic E-state index is 0.184. The van der Waals surface area contributed by atoms with Crippen molar-refractivity contribution < 1.29 is 15.5 Å². The van der Waals surface area contributed by atoms with Gasteiger partial charge in [-0.15, -0.1) is 0 Å². The van der Waals surface area contributed by atoms with Gasteiger partial charge in [-0.25, -0.2) is 5.21 Å². The SMILES string of the molecule is Cc1ccccc1NSc1ccc(C(=O)Nc2cccc([NH2+]O)c2C)cc1. The summed E-state index contributed by atoms with van der Waals surface area (Å²) in [6.07, 6.45) is 0. The van der Waals surface area contributed by atoms with Gasteiger partial charge in [0.25, 0.3) is 5.91 Å². The highest BCUT2D eigenvalue weighted by atomic mass is 32.2. The number of nitrogens with two attached hydrogens (primary N) is 1. The fraction of sp³-hybridized carbons (Fsp3) is 0.0952. The second-order valence-electron chi connectivity index (χ2n) is 6.15. The number of benzene rings is 3. The second kappa shape index (κ2) is 8.73. The number of anilines is 2. The van der Waals surface area contributed by atoms with Crippen LogP contribution in [-0.2, 0) is 0 Å². The van der Waals surface area contributed by atoms with Crippen molar-refractivity contribution in [3.05, 3.63) is 83.4 Å². The normalized spacial score (nSPS) is 10.5. The summed E-state index contributed by atoms with van der Waals surface area (Å²) in [4.78, 5) is 13.5. The van der Waals surface area contributed by atoms with Crippen LogP contribution in [0.4, 0.5) is 17.1 Å². The van der Waals surface area contributed by atoms with Crippen molar-refractivity contribution in [2.24, 2.45) is 0 Å². The maximum absolute atomic E-state index is 12.5. The number of carbonyl (C=O) groups is 1. The third-order valence-corrected chi connectivity index (χ3v) is 5.13. The average molecular weight is 380 g/mol. The molecule has 0 spiro atoms. The van der Waals surface area contributed by atoms with Crippen molar-refractivity contribution >= 4 is 34.9 Å². The van der Waals surface area contributed by atoms with Gasteiger partial charge in [0, 0.05) is 33.5 Å². The van der Waals surface area contributed by atoms with E-state index in [-0.39, 0.29) is 5.91 Å². The molecule has 6 heteroatoms. The minimum atomic E-state index is -0.184. The van der Waals surface area contributed by atoms with Gasteiger partial charge in [-0.2, -0.15) is 5.48 Å². The number of rotatable bonds is 6. The summed E-state index contributed by atoms with van der Waals surface area (Å²) >= 11 is 1.51. The van der Waals surface area contributed by atoms with Crippen LogP contribution >= 0.6 is 11.9 Å². The van der Waals surface area contributed by atoms with Crippen LogP contribution in [0.5, 0.6) is 0 Å². The molecule has 0 radical (unpaired) electrons. The monoisotopic (exact) mass is 380 g/mol. The molecule has 0 aliphatic carbocycles. The zero-order chi connectivity index (χ0) is 19.2. The Morgan fingerprint density at radius 1 is 0.926 bits per heavy atom. The number of hydrogen-bond donors (Lipinski definition) is 4. The first-order valence-corrected chi connectivity index (χ1v) is 9.37. The Kier molecular flexibility index (Phi) is 6.13. The van der Waals surface area contributed by atoms with E-state index in [0.717, 1.165) is 21.6 Å². The first-order chi connectivity index (χ1) is 13.1. The second-order valence-corrected chi connectivity index (χ2v) is 7.03. The Morgan fingerprint density at radius 2 is 1.63 bits per heavy atom. The summed E-state index contributed by atoms with van der Waals surface area (Å²) in [6.45, 7) is 3.91. The number of para-hydroxylation sites is 1. The summed E-state index contributed by atoms with van der Waals surface area (Å²) < 4.78 is 3.33. The summed E-state index contributed by atoms with van der Waals surface area (Å²) in [6, 6.07) is 20.9. The molecule has 27 heavy (non-hydrogen) atoms.